The molecule has 0 spiro atoms. The fraction of sp³-hybridized carbons (Fsp3) is 0.235. The van der Waals surface area contributed by atoms with Crippen LogP contribution >= 0.6 is 0 Å². The monoisotopic (exact) mass is 312 g/mol. The number of nitrogens with one attached hydrogen (secondary N) is 1. The zero-order valence-corrected chi connectivity index (χ0v) is 12.6. The Balaban J connectivity index is 1.68. The normalized spacial score (nSPS) is 16.1. The van der Waals surface area contributed by atoms with E-state index in [-0.39, 0.29) is 11.6 Å². The number of non-ortho nitro benzene ring substituents is 1. The van der Waals surface area contributed by atoms with Gasteiger partial charge >= 0.3 is 0 Å². The maximum absolute atomic E-state index is 12.3. The van der Waals surface area contributed by atoms with E-state index >= 15 is 0 Å². The molecule has 0 saturated heterocycles. The van der Waals surface area contributed by atoms with Gasteiger partial charge in [0, 0.05) is 17.8 Å². The van der Waals surface area contributed by atoms with Crippen molar-refractivity contribution in [2.45, 2.75) is 25.9 Å². The van der Waals surface area contributed by atoms with Crippen LogP contribution in [0.25, 0.3) is 0 Å². The van der Waals surface area contributed by atoms with Gasteiger partial charge < -0.3 is 10.1 Å². The molecule has 1 aliphatic rings. The SMILES string of the molecule is Cc1ccc2c(c1)OC(C(=O)Nc1ccc([N+](=O)[O-])cc1)CC2. The lowest BCUT2D eigenvalue weighted by atomic mass is 10.0. The zero-order chi connectivity index (χ0) is 16.4. The molecule has 1 N–H and O–H groups in total. The van der Waals surface area contributed by atoms with Gasteiger partial charge in [-0.1, -0.05) is 12.1 Å². The number of nitrogens with zero attached hydrogens (tertiary/aromatic N) is 1. The number of carbonyl (C=O) groups is 1. The van der Waals surface area contributed by atoms with Crippen LogP contribution < -0.4 is 10.1 Å². The van der Waals surface area contributed by atoms with Gasteiger partial charge in [0.1, 0.15) is 5.75 Å². The third-order valence-corrected chi connectivity index (χ3v) is 3.81. The average Bonchev–Trinajstić information content (AvgIpc) is 2.54. The van der Waals surface area contributed by atoms with Crippen molar-refractivity contribution in [2.24, 2.45) is 0 Å². The van der Waals surface area contributed by atoms with Crippen LogP contribution in [0.3, 0.4) is 0 Å². The zero-order valence-electron chi connectivity index (χ0n) is 12.6. The highest BCUT2D eigenvalue weighted by atomic mass is 16.6. The Morgan fingerprint density at radius 2 is 2.00 bits per heavy atom. The fourth-order valence-electron chi connectivity index (χ4n) is 2.55. The van der Waals surface area contributed by atoms with Crippen LogP contribution in [0.15, 0.2) is 42.5 Å². The molecule has 118 valence electrons. The fourth-order valence-corrected chi connectivity index (χ4v) is 2.55. The van der Waals surface area contributed by atoms with Crippen molar-refractivity contribution in [1.29, 1.82) is 0 Å². The predicted molar refractivity (Wildman–Crippen MR) is 85.6 cm³/mol. The second-order valence-corrected chi connectivity index (χ2v) is 5.55. The molecule has 2 aromatic carbocycles. The maximum Gasteiger partial charge on any atom is 0.269 e. The van der Waals surface area contributed by atoms with Gasteiger partial charge in [-0.05, 0) is 49.1 Å². The number of carbonyl (C=O) groups excluding carboxylic acids is 1. The minimum absolute atomic E-state index is 0.0127. The molecule has 1 heterocycles. The smallest absolute Gasteiger partial charge is 0.269 e. The van der Waals surface area contributed by atoms with Gasteiger partial charge in [-0.25, -0.2) is 0 Å². The summed E-state index contributed by atoms with van der Waals surface area (Å²) in [4.78, 5) is 22.5. The summed E-state index contributed by atoms with van der Waals surface area (Å²) in [7, 11) is 0. The summed E-state index contributed by atoms with van der Waals surface area (Å²) in [5.41, 5.74) is 2.69. The second-order valence-electron chi connectivity index (χ2n) is 5.55. The van der Waals surface area contributed by atoms with Gasteiger partial charge in [-0.15, -0.1) is 0 Å². The second kappa shape index (κ2) is 6.08. The van der Waals surface area contributed by atoms with Crippen molar-refractivity contribution in [3.8, 4) is 5.75 Å². The van der Waals surface area contributed by atoms with Crippen LogP contribution in [0.5, 0.6) is 5.75 Å². The lowest BCUT2D eigenvalue weighted by molar-refractivity contribution is -0.384. The molecule has 1 atom stereocenters. The van der Waals surface area contributed by atoms with Gasteiger partial charge in [-0.2, -0.15) is 0 Å². The first-order valence-electron chi connectivity index (χ1n) is 7.34. The van der Waals surface area contributed by atoms with E-state index in [1.54, 1.807) is 0 Å². The summed E-state index contributed by atoms with van der Waals surface area (Å²) >= 11 is 0. The van der Waals surface area contributed by atoms with E-state index in [4.69, 9.17) is 4.74 Å². The summed E-state index contributed by atoms with van der Waals surface area (Å²) in [5.74, 6) is 0.506. The van der Waals surface area contributed by atoms with Gasteiger partial charge in [0.2, 0.25) is 0 Å². The van der Waals surface area contributed by atoms with Crippen molar-refractivity contribution >= 4 is 17.3 Å². The predicted octanol–water partition coefficient (Wildman–Crippen LogP) is 3.24. The summed E-state index contributed by atoms with van der Waals surface area (Å²) in [6.45, 7) is 1.98. The molecular weight excluding hydrogens is 296 g/mol. The molecule has 1 unspecified atom stereocenters. The van der Waals surface area contributed by atoms with Crippen LogP contribution in [-0.4, -0.2) is 16.9 Å². The minimum atomic E-state index is -0.556. The molecule has 0 bridgehead atoms. The first kappa shape index (κ1) is 15.0. The number of rotatable bonds is 3. The number of fused-ring (bicyclic) bond motifs is 1. The van der Waals surface area contributed by atoms with E-state index in [0.717, 1.165) is 23.3 Å². The number of nitro groups is 1. The molecule has 6 heteroatoms. The van der Waals surface area contributed by atoms with E-state index in [2.05, 4.69) is 5.32 Å². The largest absolute Gasteiger partial charge is 0.480 e. The number of amides is 1. The molecule has 0 aromatic heterocycles. The Bertz CT molecular complexity index is 756. The van der Waals surface area contributed by atoms with Crippen LogP contribution in [0.2, 0.25) is 0 Å². The molecule has 23 heavy (non-hydrogen) atoms. The lowest BCUT2D eigenvalue weighted by Crippen LogP contribution is -2.35. The van der Waals surface area contributed by atoms with Gasteiger partial charge in [0.25, 0.3) is 11.6 Å². The summed E-state index contributed by atoms with van der Waals surface area (Å²) < 4.78 is 5.79. The first-order valence-corrected chi connectivity index (χ1v) is 7.34. The summed E-state index contributed by atoms with van der Waals surface area (Å²) in [6, 6.07) is 11.7. The Hall–Kier alpha value is -2.89. The Morgan fingerprint density at radius 3 is 2.70 bits per heavy atom. The van der Waals surface area contributed by atoms with Crippen molar-refractivity contribution in [2.75, 3.05) is 5.32 Å². The maximum atomic E-state index is 12.3. The number of benzene rings is 2. The molecule has 1 amide bonds. The number of hydrogen-bond acceptors (Lipinski definition) is 4. The number of ether oxygens (including phenoxy) is 1. The molecular formula is C17H16N2O4. The number of aryl methyl sites for hydroxylation is 2. The van der Waals surface area contributed by atoms with Gasteiger partial charge in [0.15, 0.2) is 6.10 Å². The summed E-state index contributed by atoms with van der Waals surface area (Å²) in [6.07, 6.45) is 0.836. The van der Waals surface area contributed by atoms with E-state index in [1.807, 2.05) is 25.1 Å². The van der Waals surface area contributed by atoms with Gasteiger partial charge in [-0.3, -0.25) is 14.9 Å². The van der Waals surface area contributed by atoms with Crippen LogP contribution in [-0.2, 0) is 11.2 Å². The van der Waals surface area contributed by atoms with E-state index in [9.17, 15) is 14.9 Å². The van der Waals surface area contributed by atoms with Crippen LogP contribution in [0.1, 0.15) is 17.5 Å². The van der Waals surface area contributed by atoms with Crippen molar-refractivity contribution in [3.05, 3.63) is 63.7 Å². The molecule has 0 fully saturated rings. The quantitative estimate of drug-likeness (QED) is 0.697. The van der Waals surface area contributed by atoms with Crippen LogP contribution in [0, 0.1) is 17.0 Å². The lowest BCUT2D eigenvalue weighted by Gasteiger charge is -2.25. The van der Waals surface area contributed by atoms with E-state index < -0.39 is 11.0 Å². The Labute approximate surface area is 133 Å². The highest BCUT2D eigenvalue weighted by molar-refractivity contribution is 5.94. The molecule has 6 nitrogen and oxygen atoms in total. The highest BCUT2D eigenvalue weighted by Crippen LogP contribution is 2.29. The number of anilines is 1. The van der Waals surface area contributed by atoms with E-state index in [0.29, 0.717) is 12.1 Å². The topological polar surface area (TPSA) is 81.5 Å². The highest BCUT2D eigenvalue weighted by Gasteiger charge is 2.26. The average molecular weight is 312 g/mol. The standard InChI is InChI=1S/C17H16N2O4/c1-11-2-3-12-4-9-15(23-16(12)10-11)17(20)18-13-5-7-14(8-6-13)19(21)22/h2-3,5-8,10,15H,4,9H2,1H3,(H,18,20). The van der Waals surface area contributed by atoms with Gasteiger partial charge in [0.05, 0.1) is 4.92 Å². The number of hydrogen-bond donors (Lipinski definition) is 1. The summed E-state index contributed by atoms with van der Waals surface area (Å²) in [5, 5.41) is 13.4. The third-order valence-electron chi connectivity index (χ3n) is 3.81. The molecule has 0 radical (unpaired) electrons. The molecule has 2 aromatic rings. The van der Waals surface area contributed by atoms with Crippen molar-refractivity contribution < 1.29 is 14.5 Å². The van der Waals surface area contributed by atoms with Crippen molar-refractivity contribution in [3.63, 3.8) is 0 Å². The first-order chi connectivity index (χ1) is 11.0. The van der Waals surface area contributed by atoms with Crippen LogP contribution in [0.4, 0.5) is 11.4 Å². The Kier molecular flexibility index (Phi) is 3.97. The van der Waals surface area contributed by atoms with Crippen molar-refractivity contribution in [1.82, 2.24) is 0 Å². The number of nitro benzene ring substituents is 1. The molecule has 3 rings (SSSR count). The molecule has 0 aliphatic carbocycles. The van der Waals surface area contributed by atoms with E-state index in [1.165, 1.54) is 24.3 Å². The Morgan fingerprint density at radius 1 is 1.26 bits per heavy atom. The third kappa shape index (κ3) is 3.31. The molecule has 0 saturated carbocycles. The molecule has 1 aliphatic heterocycles. The minimum Gasteiger partial charge on any atom is -0.480 e.